The second-order valence-electron chi connectivity index (χ2n) is 4.49. The summed E-state index contributed by atoms with van der Waals surface area (Å²) in [5.41, 5.74) is -0.500. The van der Waals surface area contributed by atoms with Crippen LogP contribution in [0.25, 0.3) is 0 Å². The van der Waals surface area contributed by atoms with Crippen LogP contribution >= 0.6 is 11.8 Å². The second kappa shape index (κ2) is 5.38. The highest BCUT2D eigenvalue weighted by atomic mass is 32.2. The molecule has 0 spiro atoms. The topological polar surface area (TPSA) is 23.5 Å². The van der Waals surface area contributed by atoms with Gasteiger partial charge < -0.3 is 5.11 Å². The lowest BCUT2D eigenvalue weighted by Crippen LogP contribution is -2.46. The van der Waals surface area contributed by atoms with Crippen LogP contribution in [-0.2, 0) is 0 Å². The Labute approximate surface area is 92.1 Å². The number of nitrogens with zero attached hydrogens (tertiary/aromatic N) is 1. The number of rotatable bonds is 4. The lowest BCUT2D eigenvalue weighted by atomic mass is 10.0. The number of aliphatic hydroxyl groups is 1. The van der Waals surface area contributed by atoms with Gasteiger partial charge in [-0.3, -0.25) is 4.90 Å². The third-order valence-corrected chi connectivity index (χ3v) is 4.38. The Morgan fingerprint density at radius 2 is 2.21 bits per heavy atom. The molecule has 2 unspecified atom stereocenters. The van der Waals surface area contributed by atoms with Crippen molar-refractivity contribution in [3.05, 3.63) is 0 Å². The van der Waals surface area contributed by atoms with Crippen molar-refractivity contribution in [3.63, 3.8) is 0 Å². The van der Waals surface area contributed by atoms with E-state index < -0.39 is 5.60 Å². The molecule has 0 amide bonds. The first kappa shape index (κ1) is 12.3. The third kappa shape index (κ3) is 3.79. The van der Waals surface area contributed by atoms with Gasteiger partial charge in [-0.1, -0.05) is 13.8 Å². The summed E-state index contributed by atoms with van der Waals surface area (Å²) in [6.45, 7) is 9.36. The lowest BCUT2D eigenvalue weighted by Gasteiger charge is -2.36. The van der Waals surface area contributed by atoms with Crippen LogP contribution in [0.4, 0.5) is 0 Å². The van der Waals surface area contributed by atoms with Gasteiger partial charge in [-0.25, -0.2) is 0 Å². The zero-order chi connectivity index (χ0) is 10.6. The molecule has 0 aromatic heterocycles. The minimum atomic E-state index is -0.500. The number of hydrogen-bond acceptors (Lipinski definition) is 3. The van der Waals surface area contributed by atoms with Crippen molar-refractivity contribution < 1.29 is 5.11 Å². The van der Waals surface area contributed by atoms with Crippen molar-refractivity contribution in [2.24, 2.45) is 0 Å². The molecular weight excluding hydrogens is 194 g/mol. The summed E-state index contributed by atoms with van der Waals surface area (Å²) in [7, 11) is 0. The van der Waals surface area contributed by atoms with Crippen molar-refractivity contribution in [3.8, 4) is 0 Å². The second-order valence-corrected chi connectivity index (χ2v) is 5.89. The van der Waals surface area contributed by atoms with Crippen molar-refractivity contribution in [1.82, 2.24) is 4.90 Å². The molecular formula is C11H23NOS. The summed E-state index contributed by atoms with van der Waals surface area (Å²) in [6, 6.07) is 0. The first-order valence-electron chi connectivity index (χ1n) is 5.63. The highest BCUT2D eigenvalue weighted by Crippen LogP contribution is 2.22. The summed E-state index contributed by atoms with van der Waals surface area (Å²) < 4.78 is 0. The summed E-state index contributed by atoms with van der Waals surface area (Å²) in [6.07, 6.45) is 2.09. The van der Waals surface area contributed by atoms with Crippen LogP contribution in [0.3, 0.4) is 0 Å². The van der Waals surface area contributed by atoms with Gasteiger partial charge in [0.05, 0.1) is 5.60 Å². The van der Waals surface area contributed by atoms with Crippen LogP contribution in [-0.4, -0.2) is 46.2 Å². The molecule has 14 heavy (non-hydrogen) atoms. The van der Waals surface area contributed by atoms with E-state index in [4.69, 9.17) is 0 Å². The maximum Gasteiger partial charge on any atom is 0.0743 e. The molecule has 0 aliphatic carbocycles. The molecule has 1 aliphatic heterocycles. The van der Waals surface area contributed by atoms with Gasteiger partial charge in [-0.2, -0.15) is 11.8 Å². The molecule has 1 heterocycles. The Hall–Kier alpha value is 0.270. The summed E-state index contributed by atoms with van der Waals surface area (Å²) in [5, 5.41) is 10.8. The molecule has 0 radical (unpaired) electrons. The van der Waals surface area contributed by atoms with Crippen molar-refractivity contribution in [1.29, 1.82) is 0 Å². The molecule has 0 bridgehead atoms. The van der Waals surface area contributed by atoms with Gasteiger partial charge in [0, 0.05) is 30.6 Å². The first-order chi connectivity index (χ1) is 6.57. The van der Waals surface area contributed by atoms with E-state index in [1.807, 2.05) is 6.92 Å². The van der Waals surface area contributed by atoms with Gasteiger partial charge in [-0.15, -0.1) is 0 Å². The van der Waals surface area contributed by atoms with Crippen molar-refractivity contribution >= 4 is 11.8 Å². The molecule has 1 N–H and O–H groups in total. The SMILES string of the molecule is CCC1CN(CC(C)(O)CC)CCS1. The van der Waals surface area contributed by atoms with Gasteiger partial charge in [-0.05, 0) is 19.8 Å². The van der Waals surface area contributed by atoms with Crippen LogP contribution in [0.5, 0.6) is 0 Å². The molecule has 2 atom stereocenters. The first-order valence-corrected chi connectivity index (χ1v) is 6.68. The predicted molar refractivity (Wildman–Crippen MR) is 63.9 cm³/mol. The van der Waals surface area contributed by atoms with Gasteiger partial charge in [0.15, 0.2) is 0 Å². The summed E-state index contributed by atoms with van der Waals surface area (Å²) >= 11 is 2.08. The van der Waals surface area contributed by atoms with Gasteiger partial charge >= 0.3 is 0 Å². The van der Waals surface area contributed by atoms with Gasteiger partial charge in [0.1, 0.15) is 0 Å². The van der Waals surface area contributed by atoms with Crippen LogP contribution in [0, 0.1) is 0 Å². The minimum Gasteiger partial charge on any atom is -0.389 e. The normalized spacial score (nSPS) is 28.7. The Kier molecular flexibility index (Phi) is 4.74. The van der Waals surface area contributed by atoms with E-state index in [1.165, 1.54) is 12.2 Å². The Morgan fingerprint density at radius 1 is 1.50 bits per heavy atom. The molecule has 0 aromatic carbocycles. The molecule has 2 nitrogen and oxygen atoms in total. The highest BCUT2D eigenvalue weighted by Gasteiger charge is 2.25. The average molecular weight is 217 g/mol. The van der Waals surface area contributed by atoms with Crippen LogP contribution in [0.15, 0.2) is 0 Å². The number of thioether (sulfide) groups is 1. The van der Waals surface area contributed by atoms with Crippen LogP contribution in [0.1, 0.15) is 33.6 Å². The monoisotopic (exact) mass is 217 g/mol. The molecule has 1 aliphatic rings. The van der Waals surface area contributed by atoms with Gasteiger partial charge in [0.25, 0.3) is 0 Å². The zero-order valence-electron chi connectivity index (χ0n) is 9.62. The fourth-order valence-corrected chi connectivity index (χ4v) is 3.01. The smallest absolute Gasteiger partial charge is 0.0743 e. The van der Waals surface area contributed by atoms with E-state index in [9.17, 15) is 5.11 Å². The van der Waals surface area contributed by atoms with Crippen LogP contribution in [0.2, 0.25) is 0 Å². The highest BCUT2D eigenvalue weighted by molar-refractivity contribution is 8.00. The van der Waals surface area contributed by atoms with E-state index in [-0.39, 0.29) is 0 Å². The maximum atomic E-state index is 9.99. The summed E-state index contributed by atoms with van der Waals surface area (Å²) in [4.78, 5) is 2.41. The molecule has 1 fully saturated rings. The molecule has 0 aromatic rings. The van der Waals surface area contributed by atoms with E-state index in [0.717, 1.165) is 31.3 Å². The molecule has 0 saturated carbocycles. The largest absolute Gasteiger partial charge is 0.389 e. The molecule has 1 saturated heterocycles. The quantitative estimate of drug-likeness (QED) is 0.779. The average Bonchev–Trinajstić information content (AvgIpc) is 2.17. The predicted octanol–water partition coefficient (Wildman–Crippen LogP) is 1.97. The van der Waals surface area contributed by atoms with E-state index in [2.05, 4.69) is 30.5 Å². The number of β-amino-alcohol motifs (C(OH)–C–C–N with tert-alkyl or cyclic N) is 1. The Balaban J connectivity index is 2.37. The van der Waals surface area contributed by atoms with E-state index in [0.29, 0.717) is 0 Å². The van der Waals surface area contributed by atoms with Gasteiger partial charge in [0.2, 0.25) is 0 Å². The fourth-order valence-electron chi connectivity index (χ4n) is 1.76. The van der Waals surface area contributed by atoms with Crippen molar-refractivity contribution in [2.75, 3.05) is 25.4 Å². The molecule has 84 valence electrons. The maximum absolute atomic E-state index is 9.99. The zero-order valence-corrected chi connectivity index (χ0v) is 10.4. The van der Waals surface area contributed by atoms with E-state index in [1.54, 1.807) is 0 Å². The Morgan fingerprint density at radius 3 is 2.79 bits per heavy atom. The summed E-state index contributed by atoms with van der Waals surface area (Å²) in [5.74, 6) is 1.22. The number of hydrogen-bond donors (Lipinski definition) is 1. The van der Waals surface area contributed by atoms with E-state index >= 15 is 0 Å². The molecule has 1 rings (SSSR count). The van der Waals surface area contributed by atoms with Crippen molar-refractivity contribution in [2.45, 2.75) is 44.5 Å². The third-order valence-electron chi connectivity index (χ3n) is 3.00. The fraction of sp³-hybridized carbons (Fsp3) is 1.00. The minimum absolute atomic E-state index is 0.500. The Bertz CT molecular complexity index is 173. The van der Waals surface area contributed by atoms with Crippen LogP contribution < -0.4 is 0 Å². The lowest BCUT2D eigenvalue weighted by molar-refractivity contribution is 0.0173. The standard InChI is InChI=1S/C11H23NOS/c1-4-10-8-12(6-7-14-10)9-11(3,13)5-2/h10,13H,4-9H2,1-3H3. The molecule has 3 heteroatoms.